The van der Waals surface area contributed by atoms with Crippen LogP contribution in [0.15, 0.2) is 35.2 Å². The molecular formula is C13H11ClN2O3S2. The normalized spacial score (nSPS) is 14.0. The van der Waals surface area contributed by atoms with E-state index in [0.717, 1.165) is 4.88 Å². The number of anilines is 1. The largest absolute Gasteiger partial charge is 0.326 e. The highest BCUT2D eigenvalue weighted by Gasteiger charge is 2.21. The quantitative estimate of drug-likeness (QED) is 0.895. The van der Waals surface area contributed by atoms with Crippen molar-refractivity contribution in [2.24, 2.45) is 0 Å². The molecule has 2 heterocycles. The monoisotopic (exact) mass is 342 g/mol. The number of hydrogen-bond acceptors (Lipinski definition) is 4. The molecule has 2 aromatic rings. The number of amides is 1. The fraction of sp³-hybridized carbons (Fsp3) is 0.154. The zero-order valence-corrected chi connectivity index (χ0v) is 13.1. The Hall–Kier alpha value is -1.41. The van der Waals surface area contributed by atoms with Crippen LogP contribution in [0.4, 0.5) is 5.69 Å². The van der Waals surface area contributed by atoms with Gasteiger partial charge in [0.15, 0.2) is 0 Å². The second kappa shape index (κ2) is 5.42. The summed E-state index contributed by atoms with van der Waals surface area (Å²) in [4.78, 5) is 12.3. The van der Waals surface area contributed by atoms with Crippen LogP contribution in [0.5, 0.6) is 0 Å². The van der Waals surface area contributed by atoms with Crippen molar-refractivity contribution in [3.63, 3.8) is 0 Å². The van der Waals surface area contributed by atoms with E-state index in [0.29, 0.717) is 15.6 Å². The molecule has 110 valence electrons. The number of sulfonamides is 1. The Kier molecular flexibility index (Phi) is 3.75. The van der Waals surface area contributed by atoms with Gasteiger partial charge in [-0.05, 0) is 35.9 Å². The first kappa shape index (κ1) is 14.5. The molecule has 1 aliphatic heterocycles. The number of benzene rings is 1. The number of halogens is 1. The molecule has 5 nitrogen and oxygen atoms in total. The van der Waals surface area contributed by atoms with E-state index in [4.69, 9.17) is 11.6 Å². The first-order chi connectivity index (χ1) is 9.94. The van der Waals surface area contributed by atoms with E-state index in [9.17, 15) is 13.2 Å². The summed E-state index contributed by atoms with van der Waals surface area (Å²) in [5.41, 5.74) is 1.37. The molecule has 0 aliphatic carbocycles. The maximum absolute atomic E-state index is 12.2. The summed E-state index contributed by atoms with van der Waals surface area (Å²) in [7, 11) is -3.61. The van der Waals surface area contributed by atoms with E-state index in [1.165, 1.54) is 23.5 Å². The first-order valence-corrected chi connectivity index (χ1v) is 8.78. The van der Waals surface area contributed by atoms with Crippen LogP contribution in [0.3, 0.4) is 0 Å². The maximum atomic E-state index is 12.2. The molecule has 0 radical (unpaired) electrons. The van der Waals surface area contributed by atoms with Crippen LogP contribution in [0, 0.1) is 0 Å². The van der Waals surface area contributed by atoms with Gasteiger partial charge in [-0.15, -0.1) is 11.3 Å². The van der Waals surface area contributed by atoms with Crippen LogP contribution < -0.4 is 10.0 Å². The average Bonchev–Trinajstić information content (AvgIpc) is 3.00. The standard InChI is InChI=1S/C13H11ClN2O3S2/c14-12-4-1-9(20-12)7-15-21(18,19)10-2-3-11-8(5-10)6-13(17)16-11/h1-5,15H,6-7H2,(H,16,17). The number of nitrogens with one attached hydrogen (secondary N) is 2. The van der Waals surface area contributed by atoms with E-state index in [2.05, 4.69) is 10.0 Å². The molecule has 1 aromatic carbocycles. The first-order valence-electron chi connectivity index (χ1n) is 6.11. The van der Waals surface area contributed by atoms with Crippen molar-refractivity contribution in [1.29, 1.82) is 0 Å². The van der Waals surface area contributed by atoms with Gasteiger partial charge in [0, 0.05) is 17.1 Å². The molecule has 0 unspecified atom stereocenters. The van der Waals surface area contributed by atoms with Crippen LogP contribution in [0.1, 0.15) is 10.4 Å². The van der Waals surface area contributed by atoms with Crippen LogP contribution in [-0.4, -0.2) is 14.3 Å². The van der Waals surface area contributed by atoms with E-state index in [1.54, 1.807) is 18.2 Å². The van der Waals surface area contributed by atoms with Crippen LogP contribution >= 0.6 is 22.9 Å². The lowest BCUT2D eigenvalue weighted by molar-refractivity contribution is -0.115. The summed E-state index contributed by atoms with van der Waals surface area (Å²) in [5.74, 6) is -0.124. The minimum absolute atomic E-state index is 0.124. The van der Waals surface area contributed by atoms with Gasteiger partial charge in [-0.25, -0.2) is 13.1 Å². The zero-order chi connectivity index (χ0) is 15.0. The summed E-state index contributed by atoms with van der Waals surface area (Å²) in [6.45, 7) is 0.188. The van der Waals surface area contributed by atoms with E-state index in [1.807, 2.05) is 0 Å². The summed E-state index contributed by atoms with van der Waals surface area (Å²) < 4.78 is 27.6. The van der Waals surface area contributed by atoms with E-state index < -0.39 is 10.0 Å². The van der Waals surface area contributed by atoms with Crippen molar-refractivity contribution >= 4 is 44.6 Å². The van der Waals surface area contributed by atoms with Crippen LogP contribution in [-0.2, 0) is 27.8 Å². The third kappa shape index (κ3) is 3.11. The molecule has 21 heavy (non-hydrogen) atoms. The maximum Gasteiger partial charge on any atom is 0.240 e. The number of rotatable bonds is 4. The molecule has 1 amide bonds. The third-order valence-electron chi connectivity index (χ3n) is 3.08. The fourth-order valence-corrected chi connectivity index (χ4v) is 4.24. The molecule has 0 atom stereocenters. The molecule has 2 N–H and O–H groups in total. The summed E-state index contributed by atoms with van der Waals surface area (Å²) in [5, 5.41) is 2.67. The number of carbonyl (C=O) groups is 1. The van der Waals surface area contributed by atoms with Gasteiger partial charge in [0.1, 0.15) is 0 Å². The van der Waals surface area contributed by atoms with E-state index in [-0.39, 0.29) is 23.8 Å². The van der Waals surface area contributed by atoms with Gasteiger partial charge in [-0.2, -0.15) is 0 Å². The van der Waals surface area contributed by atoms with Gasteiger partial charge in [0.05, 0.1) is 15.7 Å². The zero-order valence-electron chi connectivity index (χ0n) is 10.7. The Morgan fingerprint density at radius 2 is 2.10 bits per heavy atom. The van der Waals surface area contributed by atoms with Crippen molar-refractivity contribution < 1.29 is 13.2 Å². The Morgan fingerprint density at radius 1 is 1.29 bits per heavy atom. The topological polar surface area (TPSA) is 75.3 Å². The van der Waals surface area contributed by atoms with Crippen molar-refractivity contribution in [3.8, 4) is 0 Å². The molecule has 0 spiro atoms. The highest BCUT2D eigenvalue weighted by atomic mass is 35.5. The Balaban J connectivity index is 1.79. The Morgan fingerprint density at radius 3 is 2.81 bits per heavy atom. The van der Waals surface area contributed by atoms with Gasteiger partial charge >= 0.3 is 0 Å². The predicted molar refractivity (Wildman–Crippen MR) is 82.1 cm³/mol. The second-order valence-corrected chi connectivity index (χ2v) is 8.14. The average molecular weight is 343 g/mol. The van der Waals surface area contributed by atoms with Crippen molar-refractivity contribution in [2.75, 3.05) is 5.32 Å². The minimum Gasteiger partial charge on any atom is -0.326 e. The molecule has 0 fully saturated rings. The van der Waals surface area contributed by atoms with Gasteiger partial charge in [0.2, 0.25) is 15.9 Å². The summed E-state index contributed by atoms with van der Waals surface area (Å²) >= 11 is 7.14. The van der Waals surface area contributed by atoms with Crippen molar-refractivity contribution in [2.45, 2.75) is 17.9 Å². The molecule has 1 aliphatic rings. The van der Waals surface area contributed by atoms with Crippen molar-refractivity contribution in [1.82, 2.24) is 4.72 Å². The lowest BCUT2D eigenvalue weighted by Crippen LogP contribution is -2.22. The molecule has 8 heteroatoms. The summed E-state index contributed by atoms with van der Waals surface area (Å²) in [6, 6.07) is 8.12. The highest BCUT2D eigenvalue weighted by molar-refractivity contribution is 7.89. The van der Waals surface area contributed by atoms with Crippen LogP contribution in [0.25, 0.3) is 0 Å². The third-order valence-corrected chi connectivity index (χ3v) is 5.71. The molecule has 0 bridgehead atoms. The Bertz CT molecular complexity index is 815. The van der Waals surface area contributed by atoms with Gasteiger partial charge < -0.3 is 5.32 Å². The molecule has 0 saturated heterocycles. The predicted octanol–water partition coefficient (Wildman–Crippen LogP) is 2.37. The molecule has 3 rings (SSSR count). The highest BCUT2D eigenvalue weighted by Crippen LogP contribution is 2.26. The minimum atomic E-state index is -3.61. The SMILES string of the molecule is O=C1Cc2cc(S(=O)(=O)NCc3ccc(Cl)s3)ccc2N1. The smallest absolute Gasteiger partial charge is 0.240 e. The second-order valence-electron chi connectivity index (χ2n) is 4.57. The molecular weight excluding hydrogens is 332 g/mol. The number of fused-ring (bicyclic) bond motifs is 1. The number of hydrogen-bond donors (Lipinski definition) is 2. The lowest BCUT2D eigenvalue weighted by Gasteiger charge is -2.07. The Labute approximate surface area is 131 Å². The molecule has 0 saturated carbocycles. The van der Waals surface area contributed by atoms with Gasteiger partial charge in [-0.3, -0.25) is 4.79 Å². The van der Waals surface area contributed by atoms with Gasteiger partial charge in [-0.1, -0.05) is 11.6 Å². The van der Waals surface area contributed by atoms with Gasteiger partial charge in [0.25, 0.3) is 0 Å². The fourth-order valence-electron chi connectivity index (χ4n) is 2.07. The number of thiophene rings is 1. The number of carbonyl (C=O) groups excluding carboxylic acids is 1. The molecule has 1 aromatic heterocycles. The van der Waals surface area contributed by atoms with Crippen LogP contribution in [0.2, 0.25) is 4.34 Å². The van der Waals surface area contributed by atoms with E-state index >= 15 is 0 Å². The van der Waals surface area contributed by atoms with Crippen molar-refractivity contribution in [3.05, 3.63) is 45.1 Å². The summed E-state index contributed by atoms with van der Waals surface area (Å²) in [6.07, 6.45) is 0.208. The lowest BCUT2D eigenvalue weighted by atomic mass is 10.2.